The second-order valence-corrected chi connectivity index (χ2v) is 6.47. The number of carbonyl (C=O) groups excluding carboxylic acids is 1. The van der Waals surface area contributed by atoms with Crippen molar-refractivity contribution in [1.29, 1.82) is 0 Å². The Morgan fingerprint density at radius 1 is 1.33 bits per heavy atom. The minimum absolute atomic E-state index is 0.376. The summed E-state index contributed by atoms with van der Waals surface area (Å²) in [6.07, 6.45) is 3.65. The first-order valence-corrected chi connectivity index (χ1v) is 8.57. The van der Waals surface area contributed by atoms with Crippen molar-refractivity contribution in [1.82, 2.24) is 15.1 Å². The average Bonchev–Trinajstić information content (AvgIpc) is 2.93. The van der Waals surface area contributed by atoms with E-state index in [1.54, 1.807) is 17.8 Å². The van der Waals surface area contributed by atoms with Crippen LogP contribution < -0.4 is 5.32 Å². The lowest BCUT2D eigenvalue weighted by atomic mass is 10.1. The standard InChI is InChI=1S/C17H20BrN3O3/c1-3-4-5-15(17(23)24)19-16(22)14-10-21(20-11(14)2)13-8-6-12(18)7-9-13/h6-10,15H,3-5H2,1-2H3,(H,19,22)(H,23,24). The number of hydrogen-bond acceptors (Lipinski definition) is 3. The summed E-state index contributed by atoms with van der Waals surface area (Å²) in [5, 5.41) is 16.2. The predicted molar refractivity (Wildman–Crippen MR) is 94.4 cm³/mol. The van der Waals surface area contributed by atoms with Crippen LogP contribution in [0.5, 0.6) is 0 Å². The highest BCUT2D eigenvalue weighted by Crippen LogP contribution is 2.16. The van der Waals surface area contributed by atoms with Crippen molar-refractivity contribution in [3.05, 3.63) is 46.2 Å². The van der Waals surface area contributed by atoms with E-state index < -0.39 is 17.9 Å². The maximum absolute atomic E-state index is 12.4. The summed E-state index contributed by atoms with van der Waals surface area (Å²) in [5.74, 6) is -1.44. The van der Waals surface area contributed by atoms with Crippen LogP contribution in [0.1, 0.15) is 42.2 Å². The largest absolute Gasteiger partial charge is 0.480 e. The molecule has 128 valence electrons. The summed E-state index contributed by atoms with van der Waals surface area (Å²) in [6, 6.07) is 6.64. The van der Waals surface area contributed by atoms with Gasteiger partial charge in [0.2, 0.25) is 0 Å². The predicted octanol–water partition coefficient (Wildman–Crippen LogP) is 3.32. The number of nitrogens with zero attached hydrogens (tertiary/aromatic N) is 2. The molecule has 2 rings (SSSR count). The molecule has 2 N–H and O–H groups in total. The summed E-state index contributed by atoms with van der Waals surface area (Å²) in [4.78, 5) is 23.7. The fourth-order valence-corrected chi connectivity index (χ4v) is 2.58. The Morgan fingerprint density at radius 2 is 2.00 bits per heavy atom. The van der Waals surface area contributed by atoms with Gasteiger partial charge in [0, 0.05) is 10.7 Å². The number of nitrogens with one attached hydrogen (secondary N) is 1. The number of halogens is 1. The zero-order valence-corrected chi connectivity index (χ0v) is 15.2. The topological polar surface area (TPSA) is 84.2 Å². The number of rotatable bonds is 7. The van der Waals surface area contributed by atoms with Crippen molar-refractivity contribution in [3.63, 3.8) is 0 Å². The van der Waals surface area contributed by atoms with Crippen LogP contribution in [0.15, 0.2) is 34.9 Å². The van der Waals surface area contributed by atoms with E-state index in [2.05, 4.69) is 26.3 Å². The van der Waals surface area contributed by atoms with Crippen molar-refractivity contribution < 1.29 is 14.7 Å². The highest BCUT2D eigenvalue weighted by atomic mass is 79.9. The molecule has 0 saturated carbocycles. The van der Waals surface area contributed by atoms with E-state index in [0.717, 1.165) is 23.0 Å². The van der Waals surface area contributed by atoms with Gasteiger partial charge in [-0.3, -0.25) is 4.79 Å². The molecule has 2 aromatic rings. The zero-order chi connectivity index (χ0) is 17.7. The molecule has 1 atom stereocenters. The van der Waals surface area contributed by atoms with Crippen LogP contribution >= 0.6 is 15.9 Å². The van der Waals surface area contributed by atoms with E-state index in [9.17, 15) is 14.7 Å². The van der Waals surface area contributed by atoms with Crippen LogP contribution in [-0.4, -0.2) is 32.8 Å². The van der Waals surface area contributed by atoms with Gasteiger partial charge in [-0.15, -0.1) is 0 Å². The first-order chi connectivity index (χ1) is 11.4. The third-order valence-corrected chi connectivity index (χ3v) is 4.21. The number of amides is 1. The number of benzene rings is 1. The Balaban J connectivity index is 2.17. The molecule has 6 nitrogen and oxygen atoms in total. The molecule has 7 heteroatoms. The molecular weight excluding hydrogens is 374 g/mol. The number of carboxylic acids is 1. The van der Waals surface area contributed by atoms with E-state index in [-0.39, 0.29) is 0 Å². The summed E-state index contributed by atoms with van der Waals surface area (Å²) < 4.78 is 2.56. The number of carbonyl (C=O) groups is 2. The first-order valence-electron chi connectivity index (χ1n) is 7.78. The molecule has 1 unspecified atom stereocenters. The van der Waals surface area contributed by atoms with Crippen LogP contribution in [0.4, 0.5) is 0 Å². The van der Waals surface area contributed by atoms with Gasteiger partial charge >= 0.3 is 5.97 Å². The molecule has 1 heterocycles. The molecule has 0 bridgehead atoms. The van der Waals surface area contributed by atoms with Gasteiger partial charge in [0.05, 0.1) is 16.9 Å². The molecule has 0 aliphatic heterocycles. The molecule has 1 amide bonds. The average molecular weight is 394 g/mol. The van der Waals surface area contributed by atoms with Crippen molar-refractivity contribution in [2.24, 2.45) is 0 Å². The molecule has 0 fully saturated rings. The fourth-order valence-electron chi connectivity index (χ4n) is 2.31. The van der Waals surface area contributed by atoms with Gasteiger partial charge in [-0.2, -0.15) is 5.10 Å². The lowest BCUT2D eigenvalue weighted by Gasteiger charge is -2.13. The quantitative estimate of drug-likeness (QED) is 0.755. The SMILES string of the molecule is CCCCC(NC(=O)c1cn(-c2ccc(Br)cc2)nc1C)C(=O)O. The van der Waals surface area contributed by atoms with Gasteiger partial charge in [-0.05, 0) is 37.6 Å². The van der Waals surface area contributed by atoms with Crippen LogP contribution in [0.2, 0.25) is 0 Å². The van der Waals surface area contributed by atoms with Crippen LogP contribution in [0, 0.1) is 6.92 Å². The van der Waals surface area contributed by atoms with E-state index in [1.165, 1.54) is 0 Å². The van der Waals surface area contributed by atoms with E-state index >= 15 is 0 Å². The van der Waals surface area contributed by atoms with Crippen LogP contribution in [0.3, 0.4) is 0 Å². The van der Waals surface area contributed by atoms with Crippen molar-refractivity contribution in [3.8, 4) is 5.69 Å². The van der Waals surface area contributed by atoms with E-state index in [1.807, 2.05) is 31.2 Å². The molecule has 1 aromatic heterocycles. The van der Waals surface area contributed by atoms with Gasteiger partial charge < -0.3 is 10.4 Å². The van der Waals surface area contributed by atoms with Crippen molar-refractivity contribution in [2.45, 2.75) is 39.2 Å². The molecule has 0 aliphatic carbocycles. The highest BCUT2D eigenvalue weighted by molar-refractivity contribution is 9.10. The maximum Gasteiger partial charge on any atom is 0.326 e. The number of aliphatic carboxylic acids is 1. The fraction of sp³-hybridized carbons (Fsp3) is 0.353. The monoisotopic (exact) mass is 393 g/mol. The summed E-state index contributed by atoms with van der Waals surface area (Å²) >= 11 is 3.37. The summed E-state index contributed by atoms with van der Waals surface area (Å²) in [6.45, 7) is 3.71. The molecule has 0 spiro atoms. The Kier molecular flexibility index (Phi) is 6.14. The van der Waals surface area contributed by atoms with Gasteiger partial charge in [0.25, 0.3) is 5.91 Å². The number of aromatic nitrogens is 2. The number of hydrogen-bond donors (Lipinski definition) is 2. The normalized spacial score (nSPS) is 12.0. The third kappa shape index (κ3) is 4.44. The molecule has 1 aromatic carbocycles. The second-order valence-electron chi connectivity index (χ2n) is 5.56. The lowest BCUT2D eigenvalue weighted by Crippen LogP contribution is -2.40. The van der Waals surface area contributed by atoms with Gasteiger partial charge in [-0.25, -0.2) is 9.48 Å². The Labute approximate surface area is 149 Å². The summed E-state index contributed by atoms with van der Waals surface area (Å²) in [7, 11) is 0. The van der Waals surface area contributed by atoms with Gasteiger partial charge in [-0.1, -0.05) is 35.7 Å². The first kappa shape index (κ1) is 18.2. The van der Waals surface area contributed by atoms with Gasteiger partial charge in [0.1, 0.15) is 6.04 Å². The summed E-state index contributed by atoms with van der Waals surface area (Å²) in [5.41, 5.74) is 1.75. The van der Waals surface area contributed by atoms with Crippen molar-refractivity contribution >= 4 is 27.8 Å². The molecular formula is C17H20BrN3O3. The smallest absolute Gasteiger partial charge is 0.326 e. The molecule has 24 heavy (non-hydrogen) atoms. The maximum atomic E-state index is 12.4. The highest BCUT2D eigenvalue weighted by Gasteiger charge is 2.22. The Bertz CT molecular complexity index is 725. The molecule has 0 radical (unpaired) electrons. The molecule has 0 aliphatic rings. The minimum Gasteiger partial charge on any atom is -0.480 e. The Hall–Kier alpha value is -2.15. The second kappa shape index (κ2) is 8.10. The van der Waals surface area contributed by atoms with E-state index in [0.29, 0.717) is 17.7 Å². The number of carboxylic acid groups (broad SMARTS) is 1. The number of aryl methyl sites for hydroxylation is 1. The number of unbranched alkanes of at least 4 members (excludes halogenated alkanes) is 1. The van der Waals surface area contributed by atoms with E-state index in [4.69, 9.17) is 0 Å². The third-order valence-electron chi connectivity index (χ3n) is 3.68. The van der Waals surface area contributed by atoms with Gasteiger partial charge in [0.15, 0.2) is 0 Å². The van der Waals surface area contributed by atoms with Crippen molar-refractivity contribution in [2.75, 3.05) is 0 Å². The van der Waals surface area contributed by atoms with Crippen LogP contribution in [0.25, 0.3) is 5.69 Å². The zero-order valence-electron chi connectivity index (χ0n) is 13.6. The Morgan fingerprint density at radius 3 is 2.58 bits per heavy atom. The minimum atomic E-state index is -1.02. The molecule has 0 saturated heterocycles. The van der Waals surface area contributed by atoms with Crippen LogP contribution in [-0.2, 0) is 4.79 Å². The lowest BCUT2D eigenvalue weighted by molar-refractivity contribution is -0.139.